The summed E-state index contributed by atoms with van der Waals surface area (Å²) in [5, 5.41) is 0.682. The molecule has 38 heavy (non-hydrogen) atoms. The zero-order chi connectivity index (χ0) is 26.5. The average Bonchev–Trinajstić information content (AvgIpc) is 3.34. The van der Waals surface area contributed by atoms with Gasteiger partial charge in [-0.15, -0.1) is 0 Å². The SMILES string of the molecule is O=C1N=C(N2CCCCC2)SC1=C(C=C(CC(=O)c1ccc(F)cc1)c1ccccc1)c1ccc(F)cc1. The maximum Gasteiger partial charge on any atom is 0.286 e. The molecule has 1 saturated heterocycles. The number of rotatable bonds is 6. The van der Waals surface area contributed by atoms with E-state index in [9.17, 15) is 18.4 Å². The van der Waals surface area contributed by atoms with Crippen LogP contribution in [-0.2, 0) is 4.79 Å². The predicted molar refractivity (Wildman–Crippen MR) is 149 cm³/mol. The fourth-order valence-corrected chi connectivity index (χ4v) is 5.61. The van der Waals surface area contributed by atoms with Gasteiger partial charge in [0.25, 0.3) is 5.91 Å². The lowest BCUT2D eigenvalue weighted by atomic mass is 9.93. The van der Waals surface area contributed by atoms with Crippen molar-refractivity contribution in [3.63, 3.8) is 0 Å². The number of allylic oxidation sites excluding steroid dienone is 3. The molecule has 0 saturated carbocycles. The highest BCUT2D eigenvalue weighted by molar-refractivity contribution is 8.18. The van der Waals surface area contributed by atoms with Gasteiger partial charge < -0.3 is 4.90 Å². The Morgan fingerprint density at radius 2 is 1.42 bits per heavy atom. The topological polar surface area (TPSA) is 49.7 Å². The van der Waals surface area contributed by atoms with Crippen LogP contribution in [0.2, 0.25) is 0 Å². The molecule has 0 aliphatic carbocycles. The number of likely N-dealkylation sites (tertiary alicyclic amines) is 1. The molecule has 2 aliphatic rings. The lowest BCUT2D eigenvalue weighted by molar-refractivity contribution is -0.113. The molecule has 0 radical (unpaired) electrons. The standard InChI is InChI=1S/C31H26F2N2O2S/c32-25-13-9-22(10-14-25)27(29-30(37)34-31(38-29)35-17-5-2-6-18-35)19-24(21-7-3-1-4-8-21)20-28(36)23-11-15-26(33)16-12-23/h1,3-4,7-16,19H,2,5-6,17-18,20H2. The number of hydrogen-bond donors (Lipinski definition) is 0. The molecule has 2 aliphatic heterocycles. The van der Waals surface area contributed by atoms with Gasteiger partial charge in [-0.2, -0.15) is 4.99 Å². The van der Waals surface area contributed by atoms with Gasteiger partial charge in [-0.25, -0.2) is 8.78 Å². The van der Waals surface area contributed by atoms with E-state index in [1.165, 1.54) is 48.2 Å². The zero-order valence-electron chi connectivity index (χ0n) is 20.7. The van der Waals surface area contributed by atoms with Crippen molar-refractivity contribution < 1.29 is 18.4 Å². The molecule has 0 spiro atoms. The van der Waals surface area contributed by atoms with Crippen molar-refractivity contribution in [2.24, 2.45) is 4.99 Å². The van der Waals surface area contributed by atoms with E-state index in [1.54, 1.807) is 12.1 Å². The average molecular weight is 529 g/mol. The number of Topliss-reactive ketones (excluding diaryl/α,β-unsaturated/α-hetero) is 1. The smallest absolute Gasteiger partial charge is 0.286 e. The minimum atomic E-state index is -0.412. The van der Waals surface area contributed by atoms with Gasteiger partial charge in [0.2, 0.25) is 0 Å². The third-order valence-electron chi connectivity index (χ3n) is 6.59. The number of hydrogen-bond acceptors (Lipinski definition) is 4. The minimum absolute atomic E-state index is 0.0340. The summed E-state index contributed by atoms with van der Waals surface area (Å²) in [4.78, 5) is 33.4. The monoisotopic (exact) mass is 528 g/mol. The normalized spacial score (nSPS) is 17.4. The molecule has 0 bridgehead atoms. The summed E-state index contributed by atoms with van der Waals surface area (Å²) >= 11 is 1.33. The van der Waals surface area contributed by atoms with Crippen molar-refractivity contribution in [1.82, 2.24) is 4.90 Å². The van der Waals surface area contributed by atoms with Crippen molar-refractivity contribution in [3.05, 3.63) is 118 Å². The van der Waals surface area contributed by atoms with Gasteiger partial charge in [0.1, 0.15) is 11.6 Å². The minimum Gasteiger partial charge on any atom is -0.351 e. The fourth-order valence-electron chi connectivity index (χ4n) is 4.57. The third-order valence-corrected chi connectivity index (χ3v) is 7.72. The number of carbonyl (C=O) groups is 2. The number of ketones is 1. The Kier molecular flexibility index (Phi) is 7.94. The number of piperidine rings is 1. The molecule has 4 nitrogen and oxygen atoms in total. The molecule has 192 valence electrons. The van der Waals surface area contributed by atoms with Crippen LogP contribution in [0.5, 0.6) is 0 Å². The number of amides is 1. The summed E-state index contributed by atoms with van der Waals surface area (Å²) < 4.78 is 27.3. The third kappa shape index (κ3) is 6.00. The molecule has 2 heterocycles. The lowest BCUT2D eigenvalue weighted by Gasteiger charge is -2.27. The quantitative estimate of drug-likeness (QED) is 0.252. The molecule has 0 atom stereocenters. The van der Waals surface area contributed by atoms with E-state index in [-0.39, 0.29) is 23.9 Å². The van der Waals surface area contributed by atoms with Crippen LogP contribution in [0.15, 0.2) is 94.8 Å². The van der Waals surface area contributed by atoms with Crippen molar-refractivity contribution >= 4 is 39.8 Å². The molecule has 3 aromatic rings. The predicted octanol–water partition coefficient (Wildman–Crippen LogP) is 7.15. The van der Waals surface area contributed by atoms with E-state index in [1.807, 2.05) is 36.4 Å². The molecule has 0 unspecified atom stereocenters. The van der Waals surface area contributed by atoms with E-state index in [2.05, 4.69) is 9.89 Å². The molecule has 5 rings (SSSR count). The Morgan fingerprint density at radius 1 is 0.816 bits per heavy atom. The Hall–Kier alpha value is -3.84. The molecular formula is C31H26F2N2O2S. The first kappa shape index (κ1) is 25.8. The second-order valence-corrected chi connectivity index (χ2v) is 10.2. The van der Waals surface area contributed by atoms with Gasteiger partial charge in [-0.05, 0) is 90.2 Å². The van der Waals surface area contributed by atoms with E-state index in [0.717, 1.165) is 37.9 Å². The molecular weight excluding hydrogens is 502 g/mol. The molecule has 7 heteroatoms. The van der Waals surface area contributed by atoms with E-state index in [0.29, 0.717) is 32.3 Å². The van der Waals surface area contributed by atoms with Gasteiger partial charge in [0.05, 0.1) is 4.91 Å². The van der Waals surface area contributed by atoms with Gasteiger partial charge in [0, 0.05) is 30.6 Å². The summed E-state index contributed by atoms with van der Waals surface area (Å²) in [6.07, 6.45) is 5.14. The number of thioether (sulfide) groups is 1. The van der Waals surface area contributed by atoms with Crippen LogP contribution < -0.4 is 0 Å². The lowest BCUT2D eigenvalue weighted by Crippen LogP contribution is -2.33. The Balaban J connectivity index is 1.58. The van der Waals surface area contributed by atoms with Crippen LogP contribution in [-0.4, -0.2) is 34.8 Å². The number of benzene rings is 3. The summed E-state index contributed by atoms with van der Waals surface area (Å²) in [7, 11) is 0. The zero-order valence-corrected chi connectivity index (χ0v) is 21.5. The van der Waals surface area contributed by atoms with Gasteiger partial charge in [-0.1, -0.05) is 42.5 Å². The maximum atomic E-state index is 13.8. The molecule has 0 aromatic heterocycles. The van der Waals surface area contributed by atoms with Gasteiger partial charge >= 0.3 is 0 Å². The summed E-state index contributed by atoms with van der Waals surface area (Å²) in [6.45, 7) is 1.71. The highest BCUT2D eigenvalue weighted by Gasteiger charge is 2.30. The van der Waals surface area contributed by atoms with Crippen molar-refractivity contribution in [2.45, 2.75) is 25.7 Å². The van der Waals surface area contributed by atoms with Crippen molar-refractivity contribution in [2.75, 3.05) is 13.1 Å². The summed E-state index contributed by atoms with van der Waals surface area (Å²) in [5.74, 6) is -1.32. The molecule has 0 N–H and O–H groups in total. The highest BCUT2D eigenvalue weighted by atomic mass is 32.2. The van der Waals surface area contributed by atoms with Crippen LogP contribution in [0.25, 0.3) is 11.1 Å². The second-order valence-electron chi connectivity index (χ2n) is 9.24. The number of aliphatic imine (C=N–C) groups is 1. The maximum absolute atomic E-state index is 13.8. The van der Waals surface area contributed by atoms with Crippen molar-refractivity contribution in [1.29, 1.82) is 0 Å². The molecule has 1 amide bonds. The number of amidine groups is 1. The summed E-state index contributed by atoms with van der Waals surface area (Å²) in [5.41, 5.74) is 3.13. The molecule has 3 aromatic carbocycles. The second kappa shape index (κ2) is 11.7. The van der Waals surface area contributed by atoms with Crippen LogP contribution in [0.3, 0.4) is 0 Å². The van der Waals surface area contributed by atoms with E-state index in [4.69, 9.17) is 0 Å². The molecule has 1 fully saturated rings. The first-order chi connectivity index (χ1) is 18.5. The van der Waals surface area contributed by atoms with E-state index >= 15 is 0 Å². The van der Waals surface area contributed by atoms with Gasteiger partial charge in [-0.3, -0.25) is 9.59 Å². The summed E-state index contributed by atoms with van der Waals surface area (Å²) in [6, 6.07) is 20.9. The van der Waals surface area contributed by atoms with Crippen LogP contribution in [0.4, 0.5) is 8.78 Å². The Bertz CT molecular complexity index is 1420. The first-order valence-corrected chi connectivity index (χ1v) is 13.4. The Morgan fingerprint density at radius 3 is 2.05 bits per heavy atom. The Labute approximate surface area is 224 Å². The highest BCUT2D eigenvalue weighted by Crippen LogP contribution is 2.38. The first-order valence-electron chi connectivity index (χ1n) is 12.6. The van der Waals surface area contributed by atoms with Crippen molar-refractivity contribution in [3.8, 4) is 0 Å². The van der Waals surface area contributed by atoms with Crippen LogP contribution in [0.1, 0.15) is 47.2 Å². The number of nitrogens with zero attached hydrogens (tertiary/aromatic N) is 2. The largest absolute Gasteiger partial charge is 0.351 e. The van der Waals surface area contributed by atoms with Gasteiger partial charge in [0.15, 0.2) is 11.0 Å². The fraction of sp³-hybridized carbons (Fsp3) is 0.194. The number of halogens is 2. The van der Waals surface area contributed by atoms with Crippen LogP contribution in [0, 0.1) is 11.6 Å². The number of carbonyl (C=O) groups excluding carboxylic acids is 2. The van der Waals surface area contributed by atoms with E-state index < -0.39 is 5.82 Å². The van der Waals surface area contributed by atoms with Crippen LogP contribution >= 0.6 is 11.8 Å².